The second-order valence-corrected chi connectivity index (χ2v) is 5.90. The van der Waals surface area contributed by atoms with Crippen molar-refractivity contribution in [2.24, 2.45) is 5.92 Å². The molecule has 0 heterocycles. The van der Waals surface area contributed by atoms with Gasteiger partial charge in [0, 0.05) is 0 Å². The molecule has 0 bridgehead atoms. The number of sulfone groups is 1. The highest BCUT2D eigenvalue weighted by Crippen LogP contribution is 2.22. The molecule has 1 rings (SSSR count). The Bertz CT molecular complexity index is 342. The molecule has 0 saturated carbocycles. The lowest BCUT2D eigenvalue weighted by atomic mass is 9.98. The molecule has 1 aliphatic carbocycles. The van der Waals surface area contributed by atoms with Crippen molar-refractivity contribution in [2.45, 2.75) is 25.0 Å². The Morgan fingerprint density at radius 2 is 2.07 bits per heavy atom. The van der Waals surface area contributed by atoms with Crippen molar-refractivity contribution in [2.75, 3.05) is 5.75 Å². The second-order valence-electron chi connectivity index (χ2n) is 3.68. The summed E-state index contributed by atoms with van der Waals surface area (Å²) in [6.45, 7) is 2.01. The fraction of sp³-hybridized carbons (Fsp3) is 0.667. The van der Waals surface area contributed by atoms with E-state index in [1.54, 1.807) is 6.08 Å². The van der Waals surface area contributed by atoms with E-state index < -0.39 is 26.8 Å². The molecule has 0 saturated heterocycles. The van der Waals surface area contributed by atoms with E-state index in [0.29, 0.717) is 12.3 Å². The van der Waals surface area contributed by atoms with E-state index in [1.165, 1.54) is 0 Å². The number of carbonyl (C=O) groups is 1. The predicted octanol–water partition coefficient (Wildman–Crippen LogP) is 0.840. The van der Waals surface area contributed by atoms with Crippen molar-refractivity contribution in [1.29, 1.82) is 0 Å². The topological polar surface area (TPSA) is 71.4 Å². The lowest BCUT2D eigenvalue weighted by molar-refractivity contribution is -0.134. The Kier molecular flexibility index (Phi) is 3.31. The third-order valence-corrected chi connectivity index (χ3v) is 4.31. The minimum atomic E-state index is -3.49. The van der Waals surface area contributed by atoms with Crippen molar-refractivity contribution in [3.05, 3.63) is 12.2 Å². The number of carboxylic acids is 1. The lowest BCUT2D eigenvalue weighted by Gasteiger charge is -2.19. The average molecular weight is 218 g/mol. The minimum absolute atomic E-state index is 0.395. The van der Waals surface area contributed by atoms with Gasteiger partial charge in [-0.25, -0.2) is 8.42 Å². The van der Waals surface area contributed by atoms with Crippen molar-refractivity contribution in [3.63, 3.8) is 0 Å². The maximum atomic E-state index is 11.5. The van der Waals surface area contributed by atoms with Gasteiger partial charge in [0.05, 0.1) is 5.25 Å². The minimum Gasteiger partial charge on any atom is -0.480 e. The first kappa shape index (κ1) is 11.2. The summed E-state index contributed by atoms with van der Waals surface area (Å²) in [5.74, 6) is -1.65. The van der Waals surface area contributed by atoms with Gasteiger partial charge in [0.1, 0.15) is 5.75 Å². The standard InChI is InChI=1S/C9H14O4S/c1-7-2-4-8(5-3-7)14(12,13)6-9(10)11/h2,4,7-8H,3,5-6H2,1H3,(H,10,11). The molecule has 5 heteroatoms. The molecule has 0 aromatic heterocycles. The zero-order valence-electron chi connectivity index (χ0n) is 8.01. The number of aliphatic carboxylic acids is 1. The molecule has 0 aromatic rings. The van der Waals surface area contributed by atoms with Crippen LogP contribution in [-0.4, -0.2) is 30.5 Å². The van der Waals surface area contributed by atoms with Gasteiger partial charge in [-0.2, -0.15) is 0 Å². The first-order valence-corrected chi connectivity index (χ1v) is 6.25. The number of hydrogen-bond donors (Lipinski definition) is 1. The molecule has 1 aliphatic rings. The van der Waals surface area contributed by atoms with Crippen molar-refractivity contribution < 1.29 is 18.3 Å². The Labute approximate surface area is 83.5 Å². The molecule has 14 heavy (non-hydrogen) atoms. The quantitative estimate of drug-likeness (QED) is 0.712. The van der Waals surface area contributed by atoms with Crippen LogP contribution in [0, 0.1) is 5.92 Å². The molecule has 1 N–H and O–H groups in total. The van der Waals surface area contributed by atoms with Gasteiger partial charge in [-0.05, 0) is 18.8 Å². The average Bonchev–Trinajstić information content (AvgIpc) is 2.02. The number of allylic oxidation sites excluding steroid dienone is 1. The monoisotopic (exact) mass is 218 g/mol. The van der Waals surface area contributed by atoms with E-state index in [2.05, 4.69) is 0 Å². The van der Waals surface area contributed by atoms with Crippen LogP contribution < -0.4 is 0 Å². The predicted molar refractivity (Wildman–Crippen MR) is 52.7 cm³/mol. The van der Waals surface area contributed by atoms with Gasteiger partial charge in [-0.1, -0.05) is 19.1 Å². The first-order valence-electron chi connectivity index (χ1n) is 4.53. The lowest BCUT2D eigenvalue weighted by Crippen LogP contribution is -2.28. The maximum Gasteiger partial charge on any atom is 0.318 e. The van der Waals surface area contributed by atoms with Gasteiger partial charge in [-0.3, -0.25) is 4.79 Å². The highest BCUT2D eigenvalue weighted by atomic mass is 32.2. The fourth-order valence-electron chi connectivity index (χ4n) is 1.51. The largest absolute Gasteiger partial charge is 0.480 e. The summed E-state index contributed by atoms with van der Waals surface area (Å²) in [5, 5.41) is 7.83. The molecule has 0 amide bonds. The first-order chi connectivity index (χ1) is 6.42. The van der Waals surface area contributed by atoms with Gasteiger partial charge in [0.2, 0.25) is 0 Å². The van der Waals surface area contributed by atoms with Gasteiger partial charge in [0.25, 0.3) is 0 Å². The summed E-state index contributed by atoms with van der Waals surface area (Å²) in [4.78, 5) is 10.3. The number of carboxylic acid groups (broad SMARTS) is 1. The third-order valence-electron chi connectivity index (χ3n) is 2.35. The van der Waals surface area contributed by atoms with Crippen LogP contribution in [0.1, 0.15) is 19.8 Å². The SMILES string of the molecule is CC1C=CC(S(=O)(=O)CC(=O)O)CC1. The van der Waals surface area contributed by atoms with Crippen LogP contribution in [0.5, 0.6) is 0 Å². The van der Waals surface area contributed by atoms with Gasteiger partial charge in [0.15, 0.2) is 9.84 Å². The molecule has 0 aliphatic heterocycles. The van der Waals surface area contributed by atoms with E-state index >= 15 is 0 Å². The fourth-order valence-corrected chi connectivity index (χ4v) is 2.90. The van der Waals surface area contributed by atoms with E-state index in [1.807, 2.05) is 13.0 Å². The molecule has 2 atom stereocenters. The highest BCUT2D eigenvalue weighted by molar-refractivity contribution is 7.92. The molecule has 0 spiro atoms. The molecule has 2 unspecified atom stereocenters. The number of hydrogen-bond acceptors (Lipinski definition) is 3. The molecule has 80 valence electrons. The molecule has 0 radical (unpaired) electrons. The zero-order valence-corrected chi connectivity index (χ0v) is 8.83. The second kappa shape index (κ2) is 4.13. The van der Waals surface area contributed by atoms with Crippen molar-refractivity contribution >= 4 is 15.8 Å². The Morgan fingerprint density at radius 1 is 1.43 bits per heavy atom. The van der Waals surface area contributed by atoms with E-state index in [0.717, 1.165) is 6.42 Å². The van der Waals surface area contributed by atoms with Crippen molar-refractivity contribution in [3.8, 4) is 0 Å². The van der Waals surface area contributed by atoms with Gasteiger partial charge in [-0.15, -0.1) is 0 Å². The summed E-state index contributed by atoms with van der Waals surface area (Å²) in [6, 6.07) is 0. The van der Waals surface area contributed by atoms with Crippen LogP contribution in [0.2, 0.25) is 0 Å². The van der Waals surface area contributed by atoms with E-state index in [4.69, 9.17) is 5.11 Å². The van der Waals surface area contributed by atoms with Crippen LogP contribution in [0.3, 0.4) is 0 Å². The third kappa shape index (κ3) is 2.83. The van der Waals surface area contributed by atoms with Gasteiger partial charge >= 0.3 is 5.97 Å². The van der Waals surface area contributed by atoms with Crippen LogP contribution in [0.4, 0.5) is 0 Å². The van der Waals surface area contributed by atoms with Crippen LogP contribution in [0.25, 0.3) is 0 Å². The summed E-state index contributed by atoms with van der Waals surface area (Å²) < 4.78 is 22.9. The van der Waals surface area contributed by atoms with Crippen molar-refractivity contribution in [1.82, 2.24) is 0 Å². The number of rotatable bonds is 3. The zero-order chi connectivity index (χ0) is 10.8. The van der Waals surface area contributed by atoms with E-state index in [-0.39, 0.29) is 0 Å². The van der Waals surface area contributed by atoms with Crippen LogP contribution in [-0.2, 0) is 14.6 Å². The van der Waals surface area contributed by atoms with Gasteiger partial charge < -0.3 is 5.11 Å². The van der Waals surface area contributed by atoms with Crippen LogP contribution >= 0.6 is 0 Å². The van der Waals surface area contributed by atoms with E-state index in [9.17, 15) is 13.2 Å². The summed E-state index contributed by atoms with van der Waals surface area (Å²) >= 11 is 0. The smallest absolute Gasteiger partial charge is 0.318 e. The summed E-state index contributed by atoms with van der Waals surface area (Å²) in [7, 11) is -3.49. The molecule has 4 nitrogen and oxygen atoms in total. The summed E-state index contributed by atoms with van der Waals surface area (Å²) in [5.41, 5.74) is 0. The highest BCUT2D eigenvalue weighted by Gasteiger charge is 2.27. The maximum absolute atomic E-state index is 11.5. The Hall–Kier alpha value is -0.840. The molecule has 0 aromatic carbocycles. The summed E-state index contributed by atoms with van der Waals surface area (Å²) in [6.07, 6.45) is 4.80. The van der Waals surface area contributed by atoms with Crippen LogP contribution in [0.15, 0.2) is 12.2 Å². The molecule has 0 fully saturated rings. The Morgan fingerprint density at radius 3 is 2.50 bits per heavy atom. The molecular weight excluding hydrogens is 204 g/mol. The normalized spacial score (nSPS) is 27.5. The molecular formula is C9H14O4S. The Balaban J connectivity index is 2.74.